The Morgan fingerprint density at radius 1 is 0.325 bits per heavy atom. The van der Waals surface area contributed by atoms with Crippen molar-refractivity contribution < 1.29 is 24.5 Å². The number of allylic oxidation sites excluding steroid dienone is 5. The monoisotopic (exact) mass is 1170 g/mol. The third-order valence-electron chi connectivity index (χ3n) is 17.6. The molecule has 490 valence electrons. The fourth-order valence-corrected chi connectivity index (χ4v) is 11.9. The molecule has 0 fully saturated rings. The lowest BCUT2D eigenvalue weighted by Crippen LogP contribution is -2.45. The average Bonchev–Trinajstić information content (AvgIpc) is 3.49. The summed E-state index contributed by atoms with van der Waals surface area (Å²) in [5.41, 5.74) is 0. The number of hydrogen-bond donors (Lipinski definition) is 3. The van der Waals surface area contributed by atoms with E-state index in [9.17, 15) is 19.8 Å². The van der Waals surface area contributed by atoms with Crippen LogP contribution in [0.1, 0.15) is 418 Å². The van der Waals surface area contributed by atoms with E-state index in [0.717, 1.165) is 44.9 Å². The number of esters is 1. The van der Waals surface area contributed by atoms with Crippen molar-refractivity contribution in [2.24, 2.45) is 0 Å². The molecule has 0 aromatic carbocycles. The van der Waals surface area contributed by atoms with Gasteiger partial charge < -0.3 is 20.3 Å². The molecule has 0 bridgehead atoms. The van der Waals surface area contributed by atoms with Gasteiger partial charge in [-0.05, 0) is 83.5 Å². The number of nitrogens with one attached hydrogen (secondary N) is 1. The van der Waals surface area contributed by atoms with E-state index in [1.807, 2.05) is 6.08 Å². The predicted molar refractivity (Wildman–Crippen MR) is 366 cm³/mol. The van der Waals surface area contributed by atoms with Gasteiger partial charge in [0.05, 0.1) is 25.4 Å². The Kier molecular flexibility index (Phi) is 70.9. The van der Waals surface area contributed by atoms with Crippen molar-refractivity contribution in [1.82, 2.24) is 5.32 Å². The normalized spacial score (nSPS) is 12.7. The maximum Gasteiger partial charge on any atom is 0.305 e. The van der Waals surface area contributed by atoms with Gasteiger partial charge in [-0.1, -0.05) is 359 Å². The van der Waals surface area contributed by atoms with Gasteiger partial charge in [0.25, 0.3) is 0 Å². The van der Waals surface area contributed by atoms with Gasteiger partial charge in [0.1, 0.15) is 0 Å². The average molecular weight is 1170 g/mol. The van der Waals surface area contributed by atoms with E-state index in [1.165, 1.54) is 347 Å². The number of rotatable bonds is 71. The second-order valence-corrected chi connectivity index (χ2v) is 26.0. The van der Waals surface area contributed by atoms with E-state index in [2.05, 4.69) is 43.5 Å². The Labute approximate surface area is 519 Å². The number of amides is 1. The van der Waals surface area contributed by atoms with E-state index >= 15 is 0 Å². The molecule has 0 spiro atoms. The van der Waals surface area contributed by atoms with Crippen LogP contribution in [0.3, 0.4) is 0 Å². The second-order valence-electron chi connectivity index (χ2n) is 26.0. The lowest BCUT2D eigenvalue weighted by atomic mass is 10.0. The van der Waals surface area contributed by atoms with E-state index in [1.54, 1.807) is 6.08 Å². The highest BCUT2D eigenvalue weighted by atomic mass is 16.5. The predicted octanol–water partition coefficient (Wildman–Crippen LogP) is 24.7. The third-order valence-corrected chi connectivity index (χ3v) is 17.6. The van der Waals surface area contributed by atoms with Crippen molar-refractivity contribution in [3.8, 4) is 0 Å². The number of carbonyl (C=O) groups excluding carboxylic acids is 2. The summed E-state index contributed by atoms with van der Waals surface area (Å²) in [7, 11) is 0. The van der Waals surface area contributed by atoms with Crippen LogP contribution in [-0.2, 0) is 14.3 Å². The van der Waals surface area contributed by atoms with E-state index < -0.39 is 12.1 Å². The van der Waals surface area contributed by atoms with Gasteiger partial charge in [0.15, 0.2) is 0 Å². The van der Waals surface area contributed by atoms with Crippen LogP contribution in [0.5, 0.6) is 0 Å². The molecule has 1 amide bonds. The summed E-state index contributed by atoms with van der Waals surface area (Å²) in [5.74, 6) is -0.0509. The number of unbranched alkanes of at least 4 members (excludes halogenated alkanes) is 56. The van der Waals surface area contributed by atoms with Crippen molar-refractivity contribution in [3.63, 3.8) is 0 Å². The van der Waals surface area contributed by atoms with Crippen LogP contribution in [0.15, 0.2) is 36.5 Å². The van der Waals surface area contributed by atoms with Crippen molar-refractivity contribution in [2.45, 2.75) is 431 Å². The van der Waals surface area contributed by atoms with Crippen LogP contribution in [-0.4, -0.2) is 47.4 Å². The molecule has 0 heterocycles. The summed E-state index contributed by atoms with van der Waals surface area (Å²) < 4.78 is 5.51. The summed E-state index contributed by atoms with van der Waals surface area (Å²) in [4.78, 5) is 24.6. The third kappa shape index (κ3) is 69.1. The van der Waals surface area contributed by atoms with Gasteiger partial charge in [-0.25, -0.2) is 0 Å². The van der Waals surface area contributed by atoms with Crippen molar-refractivity contribution in [3.05, 3.63) is 36.5 Å². The molecule has 0 saturated heterocycles. The zero-order chi connectivity index (χ0) is 59.9. The van der Waals surface area contributed by atoms with Gasteiger partial charge in [0, 0.05) is 12.8 Å². The molecule has 2 atom stereocenters. The molecule has 6 nitrogen and oxygen atoms in total. The first kappa shape index (κ1) is 81.1. The Morgan fingerprint density at radius 3 is 0.855 bits per heavy atom. The topological polar surface area (TPSA) is 95.9 Å². The molecule has 0 aliphatic carbocycles. The molecule has 2 unspecified atom stereocenters. The van der Waals surface area contributed by atoms with E-state index in [4.69, 9.17) is 4.74 Å². The Morgan fingerprint density at radius 2 is 0.566 bits per heavy atom. The molecular weight excluding hydrogens is 1020 g/mol. The smallest absolute Gasteiger partial charge is 0.305 e. The number of hydrogen-bond acceptors (Lipinski definition) is 5. The first-order valence-electron chi connectivity index (χ1n) is 37.8. The second kappa shape index (κ2) is 72.6. The van der Waals surface area contributed by atoms with E-state index in [-0.39, 0.29) is 18.5 Å². The van der Waals surface area contributed by atoms with Crippen molar-refractivity contribution in [2.75, 3.05) is 13.2 Å². The highest BCUT2D eigenvalue weighted by Gasteiger charge is 2.18. The van der Waals surface area contributed by atoms with E-state index in [0.29, 0.717) is 19.4 Å². The zero-order valence-electron chi connectivity index (χ0n) is 56.2. The van der Waals surface area contributed by atoms with Gasteiger partial charge in [-0.3, -0.25) is 9.59 Å². The summed E-state index contributed by atoms with van der Waals surface area (Å²) in [6.45, 7) is 4.94. The van der Waals surface area contributed by atoms with Crippen molar-refractivity contribution in [1.29, 1.82) is 0 Å². The minimum Gasteiger partial charge on any atom is -0.466 e. The fraction of sp³-hybridized carbons (Fsp3) is 0.896. The summed E-state index contributed by atoms with van der Waals surface area (Å²) in [6.07, 6.45) is 93.8. The van der Waals surface area contributed by atoms with Crippen LogP contribution in [0.4, 0.5) is 0 Å². The standard InChI is InChI=1S/C77H147NO5/c1-3-5-7-9-11-13-15-17-19-21-23-34-37-41-45-49-53-57-61-65-69-75(80)74(73-79)78-76(81)70-66-62-58-54-50-46-42-38-35-32-30-28-26-24-25-27-29-31-33-36-40-44-48-52-56-60-64-68-72-83-77(82)71-67-63-59-55-51-47-43-39-22-20-18-16-14-12-10-8-6-4-2/h20,22,24-25,65,69,74-75,79-80H,3-19,21,23,26-64,66-68,70-73H2,1-2H3,(H,78,81)/b22-20-,25-24-,69-65+. The molecule has 0 aliphatic heterocycles. The van der Waals surface area contributed by atoms with Crippen LogP contribution in [0, 0.1) is 0 Å². The SMILES string of the molecule is CCCCCCCCC/C=C\CCCCCCCCCC(=O)OCCCCCCCCCCCCCC/C=C\CCCCCCCCCCCCCCC(=O)NC(CO)C(O)/C=C/CCCCCCCCCCCCCCCCCCCC. The molecule has 3 N–H and O–H groups in total. The molecule has 0 aromatic heterocycles. The van der Waals surface area contributed by atoms with Crippen molar-refractivity contribution >= 4 is 11.9 Å². The van der Waals surface area contributed by atoms with Gasteiger partial charge in [-0.2, -0.15) is 0 Å². The maximum atomic E-state index is 12.5. The lowest BCUT2D eigenvalue weighted by Gasteiger charge is -2.20. The van der Waals surface area contributed by atoms with Gasteiger partial charge in [0.2, 0.25) is 5.91 Å². The highest BCUT2D eigenvalue weighted by Crippen LogP contribution is 2.19. The Bertz CT molecular complexity index is 1340. The number of aliphatic hydroxyl groups excluding tert-OH is 2. The van der Waals surface area contributed by atoms with Crippen LogP contribution in [0.25, 0.3) is 0 Å². The number of ether oxygens (including phenoxy) is 1. The highest BCUT2D eigenvalue weighted by molar-refractivity contribution is 5.76. The molecule has 0 aromatic rings. The molecule has 83 heavy (non-hydrogen) atoms. The Balaban J connectivity index is 3.39. The fourth-order valence-electron chi connectivity index (χ4n) is 11.9. The molecule has 0 saturated carbocycles. The number of carbonyl (C=O) groups is 2. The number of aliphatic hydroxyl groups is 2. The van der Waals surface area contributed by atoms with Crippen LogP contribution in [0.2, 0.25) is 0 Å². The summed E-state index contributed by atoms with van der Waals surface area (Å²) in [5, 5.41) is 23.3. The minimum atomic E-state index is -0.846. The first-order chi connectivity index (χ1) is 41.0. The summed E-state index contributed by atoms with van der Waals surface area (Å²) in [6, 6.07) is -0.629. The molecule has 0 aliphatic rings. The van der Waals surface area contributed by atoms with Gasteiger partial charge >= 0.3 is 5.97 Å². The molecule has 0 rings (SSSR count). The minimum absolute atomic E-state index is 0.0133. The van der Waals surface area contributed by atoms with Crippen LogP contribution < -0.4 is 5.32 Å². The molecular formula is C77H147NO5. The quantitative estimate of drug-likeness (QED) is 0.0320. The lowest BCUT2D eigenvalue weighted by molar-refractivity contribution is -0.143. The maximum absolute atomic E-state index is 12.5. The van der Waals surface area contributed by atoms with Gasteiger partial charge in [-0.15, -0.1) is 0 Å². The zero-order valence-corrected chi connectivity index (χ0v) is 56.2. The largest absolute Gasteiger partial charge is 0.466 e. The van der Waals surface area contributed by atoms with Crippen LogP contribution >= 0.6 is 0 Å². The molecule has 6 heteroatoms. The first-order valence-corrected chi connectivity index (χ1v) is 37.8. The summed E-state index contributed by atoms with van der Waals surface area (Å²) >= 11 is 0. The molecule has 0 radical (unpaired) electrons. The Hall–Kier alpha value is -1.92.